The molecule has 0 aliphatic heterocycles. The first-order valence-electron chi connectivity index (χ1n) is 5.54. The van der Waals surface area contributed by atoms with Gasteiger partial charge in [-0.25, -0.2) is 0 Å². The molecule has 0 aromatic carbocycles. The molecule has 0 aliphatic carbocycles. The highest BCUT2D eigenvalue weighted by molar-refractivity contribution is 6.34. The van der Waals surface area contributed by atoms with Crippen molar-refractivity contribution >= 4 is 23.2 Å². The number of amides is 1. The van der Waals surface area contributed by atoms with E-state index in [-0.39, 0.29) is 5.91 Å². The van der Waals surface area contributed by atoms with E-state index in [2.05, 4.69) is 15.3 Å². The third-order valence-corrected chi connectivity index (χ3v) is 2.85. The minimum atomic E-state index is -0.323. The zero-order valence-electron chi connectivity index (χ0n) is 10.5. The first-order valence-corrected chi connectivity index (χ1v) is 5.91. The van der Waals surface area contributed by atoms with Gasteiger partial charge in [0.2, 0.25) is 0 Å². The van der Waals surface area contributed by atoms with Crippen LogP contribution in [0.15, 0.2) is 30.7 Å². The highest BCUT2D eigenvalue weighted by atomic mass is 35.5. The van der Waals surface area contributed by atoms with Gasteiger partial charge in [0.25, 0.3) is 5.91 Å². The predicted molar refractivity (Wildman–Crippen MR) is 72.7 cm³/mol. The Labute approximate surface area is 115 Å². The van der Waals surface area contributed by atoms with Gasteiger partial charge in [-0.1, -0.05) is 11.6 Å². The van der Waals surface area contributed by atoms with E-state index < -0.39 is 0 Å². The molecule has 0 saturated heterocycles. The number of nitrogens with one attached hydrogen (secondary N) is 1. The van der Waals surface area contributed by atoms with Crippen molar-refractivity contribution in [2.45, 2.75) is 6.92 Å². The van der Waals surface area contributed by atoms with Gasteiger partial charge in [-0.15, -0.1) is 0 Å². The number of ether oxygens (including phenoxy) is 1. The van der Waals surface area contributed by atoms with Crippen molar-refractivity contribution in [1.29, 1.82) is 0 Å². The van der Waals surface area contributed by atoms with E-state index in [1.54, 1.807) is 25.3 Å². The number of methoxy groups -OCH3 is 1. The van der Waals surface area contributed by atoms with Crippen molar-refractivity contribution in [1.82, 2.24) is 9.97 Å². The van der Waals surface area contributed by atoms with Gasteiger partial charge < -0.3 is 10.1 Å². The van der Waals surface area contributed by atoms with Gasteiger partial charge >= 0.3 is 0 Å². The molecule has 5 nitrogen and oxygen atoms in total. The van der Waals surface area contributed by atoms with E-state index in [4.69, 9.17) is 16.3 Å². The summed E-state index contributed by atoms with van der Waals surface area (Å²) in [5.41, 5.74) is 1.60. The molecule has 1 N–H and O–H groups in total. The van der Waals surface area contributed by atoms with Crippen molar-refractivity contribution in [2.24, 2.45) is 0 Å². The number of hydrogen-bond acceptors (Lipinski definition) is 4. The number of aryl methyl sites for hydroxylation is 1. The number of aromatic nitrogens is 2. The van der Waals surface area contributed by atoms with Crippen LogP contribution in [0.2, 0.25) is 5.02 Å². The Bertz CT molecular complexity index is 617. The number of rotatable bonds is 3. The Kier molecular flexibility index (Phi) is 3.97. The first-order chi connectivity index (χ1) is 9.13. The Morgan fingerprint density at radius 2 is 2.16 bits per heavy atom. The topological polar surface area (TPSA) is 64.1 Å². The van der Waals surface area contributed by atoms with Crippen molar-refractivity contribution < 1.29 is 9.53 Å². The third-order valence-electron chi connectivity index (χ3n) is 2.55. The normalized spacial score (nSPS) is 10.1. The molecular formula is C13H12ClN3O2. The molecule has 2 aromatic rings. The number of hydrogen-bond donors (Lipinski definition) is 1. The Morgan fingerprint density at radius 1 is 1.37 bits per heavy atom. The summed E-state index contributed by atoms with van der Waals surface area (Å²) in [6.07, 6.45) is 4.53. The van der Waals surface area contributed by atoms with Crippen LogP contribution in [0, 0.1) is 6.92 Å². The van der Waals surface area contributed by atoms with Gasteiger partial charge in [-0.2, -0.15) is 0 Å². The standard InChI is InChI=1S/C13H12ClN3O2/c1-8-12(19-2)11(4-6-16-8)17-13(18)9-3-5-15-7-10(9)14/h3-7H,1-2H3,(H,16,17,18). The summed E-state index contributed by atoms with van der Waals surface area (Å²) in [4.78, 5) is 20.0. The second kappa shape index (κ2) is 5.67. The minimum Gasteiger partial charge on any atom is -0.493 e. The van der Waals surface area contributed by atoms with Crippen LogP contribution in [0.25, 0.3) is 0 Å². The van der Waals surface area contributed by atoms with Gasteiger partial charge in [0, 0.05) is 18.6 Å². The second-order valence-electron chi connectivity index (χ2n) is 3.79. The molecule has 0 unspecified atom stereocenters. The highest BCUT2D eigenvalue weighted by Gasteiger charge is 2.14. The van der Waals surface area contributed by atoms with E-state index in [0.717, 1.165) is 0 Å². The molecular weight excluding hydrogens is 266 g/mol. The summed E-state index contributed by atoms with van der Waals surface area (Å²) >= 11 is 5.92. The molecule has 0 atom stereocenters. The fourth-order valence-electron chi connectivity index (χ4n) is 1.66. The average molecular weight is 278 g/mol. The Morgan fingerprint density at radius 3 is 2.84 bits per heavy atom. The maximum absolute atomic E-state index is 12.1. The fraction of sp³-hybridized carbons (Fsp3) is 0.154. The molecule has 2 rings (SSSR count). The molecule has 0 fully saturated rings. The van der Waals surface area contributed by atoms with Crippen molar-refractivity contribution in [3.63, 3.8) is 0 Å². The number of halogens is 1. The van der Waals surface area contributed by atoms with Gasteiger partial charge in [0.15, 0.2) is 5.75 Å². The molecule has 6 heteroatoms. The van der Waals surface area contributed by atoms with Crippen LogP contribution in [-0.2, 0) is 0 Å². The predicted octanol–water partition coefficient (Wildman–Crippen LogP) is 2.70. The lowest BCUT2D eigenvalue weighted by Gasteiger charge is -2.11. The lowest BCUT2D eigenvalue weighted by atomic mass is 10.2. The molecule has 0 radical (unpaired) electrons. The van der Waals surface area contributed by atoms with E-state index >= 15 is 0 Å². The molecule has 1 amide bonds. The van der Waals surface area contributed by atoms with Crippen molar-refractivity contribution in [3.05, 3.63) is 47.0 Å². The maximum Gasteiger partial charge on any atom is 0.257 e. The number of pyridine rings is 2. The molecule has 98 valence electrons. The van der Waals surface area contributed by atoms with Crippen LogP contribution in [0.4, 0.5) is 5.69 Å². The fourth-order valence-corrected chi connectivity index (χ4v) is 1.86. The number of carbonyl (C=O) groups excluding carboxylic acids is 1. The van der Waals surface area contributed by atoms with Crippen LogP contribution in [0.1, 0.15) is 16.1 Å². The molecule has 2 aromatic heterocycles. The summed E-state index contributed by atoms with van der Waals surface area (Å²) in [7, 11) is 1.53. The smallest absolute Gasteiger partial charge is 0.257 e. The molecule has 2 heterocycles. The molecule has 0 bridgehead atoms. The zero-order chi connectivity index (χ0) is 13.8. The molecule has 0 aliphatic rings. The average Bonchev–Trinajstić information content (AvgIpc) is 2.39. The molecule has 0 saturated carbocycles. The lowest BCUT2D eigenvalue weighted by molar-refractivity contribution is 0.102. The van der Waals surface area contributed by atoms with E-state index in [1.807, 2.05) is 0 Å². The first kappa shape index (κ1) is 13.3. The van der Waals surface area contributed by atoms with Gasteiger partial charge in [0.05, 0.1) is 29.1 Å². The van der Waals surface area contributed by atoms with Crippen LogP contribution < -0.4 is 10.1 Å². The van der Waals surface area contributed by atoms with Gasteiger partial charge in [0.1, 0.15) is 0 Å². The third kappa shape index (κ3) is 2.82. The second-order valence-corrected chi connectivity index (χ2v) is 4.19. The van der Waals surface area contributed by atoms with Gasteiger partial charge in [-0.3, -0.25) is 14.8 Å². The van der Waals surface area contributed by atoms with Crippen LogP contribution in [0.5, 0.6) is 5.75 Å². The number of carbonyl (C=O) groups is 1. The Balaban J connectivity index is 2.30. The largest absolute Gasteiger partial charge is 0.493 e. The number of anilines is 1. The van der Waals surface area contributed by atoms with E-state index in [0.29, 0.717) is 27.7 Å². The minimum absolute atomic E-state index is 0.296. The monoisotopic (exact) mass is 277 g/mol. The molecule has 19 heavy (non-hydrogen) atoms. The summed E-state index contributed by atoms with van der Waals surface area (Å²) in [5.74, 6) is 0.206. The SMILES string of the molecule is COc1c(NC(=O)c2ccncc2Cl)ccnc1C. The summed E-state index contributed by atoms with van der Waals surface area (Å²) in [6, 6.07) is 3.22. The number of nitrogens with zero attached hydrogens (tertiary/aromatic N) is 2. The summed E-state index contributed by atoms with van der Waals surface area (Å²) in [5, 5.41) is 3.04. The van der Waals surface area contributed by atoms with Crippen LogP contribution >= 0.6 is 11.6 Å². The van der Waals surface area contributed by atoms with E-state index in [1.165, 1.54) is 19.5 Å². The maximum atomic E-state index is 12.1. The van der Waals surface area contributed by atoms with E-state index in [9.17, 15) is 4.79 Å². The molecule has 0 spiro atoms. The van der Waals surface area contributed by atoms with Crippen LogP contribution in [0.3, 0.4) is 0 Å². The van der Waals surface area contributed by atoms with Gasteiger partial charge in [-0.05, 0) is 19.1 Å². The van der Waals surface area contributed by atoms with Crippen molar-refractivity contribution in [3.8, 4) is 5.75 Å². The zero-order valence-corrected chi connectivity index (χ0v) is 11.2. The summed E-state index contributed by atoms with van der Waals surface area (Å²) < 4.78 is 5.22. The van der Waals surface area contributed by atoms with Crippen molar-refractivity contribution in [2.75, 3.05) is 12.4 Å². The Hall–Kier alpha value is -2.14. The van der Waals surface area contributed by atoms with Crippen LogP contribution in [-0.4, -0.2) is 23.0 Å². The summed E-state index contributed by atoms with van der Waals surface area (Å²) in [6.45, 7) is 1.80. The lowest BCUT2D eigenvalue weighted by Crippen LogP contribution is -2.13. The quantitative estimate of drug-likeness (QED) is 0.937. The highest BCUT2D eigenvalue weighted by Crippen LogP contribution is 2.27.